The quantitative estimate of drug-likeness (QED) is 0.0637. The minimum Gasteiger partial charge on any atom is -0.320 e. The van der Waals surface area contributed by atoms with Gasteiger partial charge in [0.15, 0.2) is 5.78 Å². The molecule has 0 heterocycles. The van der Waals surface area contributed by atoms with Crippen molar-refractivity contribution in [2.45, 2.75) is 142 Å². The van der Waals surface area contributed by atoms with Gasteiger partial charge in [-0.25, -0.2) is 0 Å². The van der Waals surface area contributed by atoms with E-state index in [4.69, 9.17) is 4.52 Å². The summed E-state index contributed by atoms with van der Waals surface area (Å²) in [4.78, 5) is 10.3. The fraction of sp³-hybridized carbons (Fsp3) is 0.929. The lowest BCUT2D eigenvalue weighted by Crippen LogP contribution is -2.44. The molecule has 0 aromatic heterocycles. The molecule has 0 bridgehead atoms. The SMILES string of the molecule is CCCC/C=C\CCCCCCCCCCCCCCCCOP(=O)(O)C(CC)[N+](C)(C)C. The number of hydrogen-bond acceptors (Lipinski definition) is 2. The second-order valence-electron chi connectivity index (χ2n) is 10.8. The second kappa shape index (κ2) is 21.2. The highest BCUT2D eigenvalue weighted by molar-refractivity contribution is 7.53. The van der Waals surface area contributed by atoms with Gasteiger partial charge in [-0.05, 0) is 25.7 Å². The van der Waals surface area contributed by atoms with Crippen molar-refractivity contribution in [3.8, 4) is 0 Å². The molecule has 4 nitrogen and oxygen atoms in total. The van der Waals surface area contributed by atoms with Gasteiger partial charge in [-0.1, -0.05) is 116 Å². The van der Waals surface area contributed by atoms with E-state index in [1.54, 1.807) is 0 Å². The topological polar surface area (TPSA) is 46.5 Å². The van der Waals surface area contributed by atoms with Crippen LogP contribution in [0.15, 0.2) is 12.2 Å². The van der Waals surface area contributed by atoms with Crippen molar-refractivity contribution in [2.75, 3.05) is 27.7 Å². The molecule has 0 aromatic carbocycles. The molecule has 198 valence electrons. The first-order valence-corrected chi connectivity index (χ1v) is 15.8. The molecule has 1 N–H and O–H groups in total. The predicted octanol–water partition coefficient (Wildman–Crippen LogP) is 9.23. The van der Waals surface area contributed by atoms with E-state index in [1.807, 2.05) is 28.1 Å². The van der Waals surface area contributed by atoms with E-state index < -0.39 is 7.60 Å². The largest absolute Gasteiger partial charge is 0.385 e. The monoisotopic (exact) mass is 488 g/mol. The van der Waals surface area contributed by atoms with Gasteiger partial charge in [-0.2, -0.15) is 0 Å². The Bertz CT molecular complexity index is 502. The zero-order chi connectivity index (χ0) is 24.8. The van der Waals surface area contributed by atoms with Gasteiger partial charge in [-0.3, -0.25) is 4.57 Å². The van der Waals surface area contributed by atoms with Crippen molar-refractivity contribution in [2.24, 2.45) is 0 Å². The number of rotatable bonds is 24. The standard InChI is InChI=1S/C28H58NO3P/c1-6-8-9-10-11-12-13-14-15-16-17-18-19-20-21-22-23-24-25-26-27-32-33(30,31)28(7-2)29(3,4)5/h10-11,28H,6-9,12-27H2,1-5H3/p+1/b11-10-. The summed E-state index contributed by atoms with van der Waals surface area (Å²) in [6.07, 6.45) is 28.9. The Morgan fingerprint density at radius 2 is 1.09 bits per heavy atom. The van der Waals surface area contributed by atoms with Crippen LogP contribution in [0, 0.1) is 0 Å². The Morgan fingerprint density at radius 3 is 1.48 bits per heavy atom. The van der Waals surface area contributed by atoms with Gasteiger partial charge in [-0.15, -0.1) is 0 Å². The first-order chi connectivity index (χ1) is 15.8. The van der Waals surface area contributed by atoms with Crippen LogP contribution in [0.2, 0.25) is 0 Å². The molecule has 0 saturated heterocycles. The lowest BCUT2D eigenvalue weighted by Gasteiger charge is -2.35. The van der Waals surface area contributed by atoms with E-state index in [0.717, 1.165) is 12.8 Å². The van der Waals surface area contributed by atoms with Crippen LogP contribution in [-0.2, 0) is 9.09 Å². The maximum Gasteiger partial charge on any atom is 0.385 e. The average Bonchev–Trinajstić information content (AvgIpc) is 2.74. The molecule has 0 rings (SSSR count). The summed E-state index contributed by atoms with van der Waals surface area (Å²) in [5.74, 6) is -0.347. The number of allylic oxidation sites excluding steroid dienone is 2. The van der Waals surface area contributed by atoms with E-state index >= 15 is 0 Å². The molecule has 33 heavy (non-hydrogen) atoms. The van der Waals surface area contributed by atoms with Gasteiger partial charge < -0.3 is 13.9 Å². The highest BCUT2D eigenvalue weighted by Crippen LogP contribution is 2.51. The van der Waals surface area contributed by atoms with Crippen molar-refractivity contribution in [1.29, 1.82) is 0 Å². The summed E-state index contributed by atoms with van der Waals surface area (Å²) in [7, 11) is 2.31. The normalized spacial score (nSPS) is 15.2. The lowest BCUT2D eigenvalue weighted by molar-refractivity contribution is -0.883. The van der Waals surface area contributed by atoms with Gasteiger partial charge in [0.05, 0.1) is 27.7 Å². The van der Waals surface area contributed by atoms with Crippen LogP contribution in [0.5, 0.6) is 0 Å². The van der Waals surface area contributed by atoms with E-state index in [9.17, 15) is 9.46 Å². The number of quaternary nitrogens is 1. The van der Waals surface area contributed by atoms with E-state index in [1.165, 1.54) is 103 Å². The summed E-state index contributed by atoms with van der Waals surface area (Å²) in [6.45, 7) is 4.61. The highest BCUT2D eigenvalue weighted by Gasteiger charge is 2.41. The van der Waals surface area contributed by atoms with Crippen LogP contribution < -0.4 is 0 Å². The lowest BCUT2D eigenvalue weighted by atomic mass is 10.0. The molecule has 0 fully saturated rings. The molecule has 5 heteroatoms. The predicted molar refractivity (Wildman–Crippen MR) is 146 cm³/mol. The molecule has 2 atom stereocenters. The van der Waals surface area contributed by atoms with Crippen LogP contribution in [0.1, 0.15) is 136 Å². The van der Waals surface area contributed by atoms with Crippen molar-refractivity contribution < 1.29 is 18.5 Å². The average molecular weight is 489 g/mol. The number of nitrogens with zero attached hydrogens (tertiary/aromatic N) is 1. The minimum absolute atomic E-state index is 0.347. The molecular formula is C28H59NO3P+. The van der Waals surface area contributed by atoms with Crippen LogP contribution in [0.25, 0.3) is 0 Å². The Balaban J connectivity index is 3.39. The zero-order valence-electron chi connectivity index (χ0n) is 23.0. The van der Waals surface area contributed by atoms with E-state index in [0.29, 0.717) is 17.5 Å². The van der Waals surface area contributed by atoms with Gasteiger partial charge in [0.1, 0.15) is 0 Å². The van der Waals surface area contributed by atoms with Crippen molar-refractivity contribution in [1.82, 2.24) is 0 Å². The Kier molecular flexibility index (Phi) is 21.1. The molecule has 0 aromatic rings. The van der Waals surface area contributed by atoms with Crippen LogP contribution >= 0.6 is 7.60 Å². The molecule has 0 aliphatic heterocycles. The van der Waals surface area contributed by atoms with Crippen LogP contribution in [0.4, 0.5) is 0 Å². The fourth-order valence-electron chi connectivity index (χ4n) is 4.54. The Hall–Kier alpha value is -0.150. The van der Waals surface area contributed by atoms with Crippen molar-refractivity contribution >= 4 is 7.60 Å². The Morgan fingerprint density at radius 1 is 0.697 bits per heavy atom. The summed E-state index contributed by atoms with van der Waals surface area (Å²) in [5.41, 5.74) is 0. The van der Waals surface area contributed by atoms with Crippen molar-refractivity contribution in [3.63, 3.8) is 0 Å². The molecule has 0 radical (unpaired) electrons. The van der Waals surface area contributed by atoms with Gasteiger partial charge in [0.25, 0.3) is 0 Å². The van der Waals surface area contributed by atoms with Gasteiger partial charge >= 0.3 is 7.60 Å². The number of unbranched alkanes of at least 4 members (excludes halogenated alkanes) is 16. The van der Waals surface area contributed by atoms with Crippen LogP contribution in [-0.4, -0.2) is 42.9 Å². The molecule has 0 aliphatic rings. The van der Waals surface area contributed by atoms with Gasteiger partial charge in [0.2, 0.25) is 0 Å². The maximum absolute atomic E-state index is 12.5. The summed E-state index contributed by atoms with van der Waals surface area (Å²) in [5, 5.41) is 0. The van der Waals surface area contributed by atoms with E-state index in [2.05, 4.69) is 19.1 Å². The Labute approximate surface area is 207 Å². The number of hydrogen-bond donors (Lipinski definition) is 1. The minimum atomic E-state index is -3.55. The van der Waals surface area contributed by atoms with Gasteiger partial charge in [0, 0.05) is 6.42 Å². The summed E-state index contributed by atoms with van der Waals surface area (Å²) >= 11 is 0. The fourth-order valence-corrected chi connectivity index (χ4v) is 6.44. The molecule has 0 aliphatic carbocycles. The van der Waals surface area contributed by atoms with Crippen molar-refractivity contribution in [3.05, 3.63) is 12.2 Å². The third-order valence-electron chi connectivity index (χ3n) is 6.57. The molecule has 0 saturated carbocycles. The molecular weight excluding hydrogens is 429 g/mol. The first-order valence-electron chi connectivity index (χ1n) is 14.2. The summed E-state index contributed by atoms with van der Waals surface area (Å²) < 4.78 is 18.4. The third-order valence-corrected chi connectivity index (χ3v) is 8.93. The highest BCUT2D eigenvalue weighted by atomic mass is 31.2. The summed E-state index contributed by atoms with van der Waals surface area (Å²) in [6, 6.07) is 0. The first kappa shape index (κ1) is 32.8. The second-order valence-corrected chi connectivity index (χ2v) is 12.7. The molecule has 2 unspecified atom stereocenters. The third kappa shape index (κ3) is 19.8. The zero-order valence-corrected chi connectivity index (χ0v) is 23.9. The molecule has 0 amide bonds. The van der Waals surface area contributed by atoms with Crippen LogP contribution in [0.3, 0.4) is 0 Å². The smallest absolute Gasteiger partial charge is 0.320 e. The van der Waals surface area contributed by atoms with E-state index in [-0.39, 0.29) is 5.78 Å². The molecule has 0 spiro atoms. The maximum atomic E-state index is 12.5.